The molecule has 1 aliphatic rings. The number of anilines is 3. The van der Waals surface area contributed by atoms with Crippen LogP contribution in [-0.2, 0) is 0 Å². The molecular formula is C22H32N6O. The van der Waals surface area contributed by atoms with Gasteiger partial charge in [-0.25, -0.2) is 0 Å². The van der Waals surface area contributed by atoms with Gasteiger partial charge < -0.3 is 25.3 Å². The Labute approximate surface area is 173 Å². The van der Waals surface area contributed by atoms with Gasteiger partial charge in [-0.3, -0.25) is 9.78 Å². The fourth-order valence-electron chi connectivity index (χ4n) is 3.31. The first kappa shape index (κ1) is 21.1. The molecule has 0 aliphatic carbocycles. The van der Waals surface area contributed by atoms with E-state index in [1.54, 1.807) is 12.4 Å². The molecule has 0 radical (unpaired) electrons. The van der Waals surface area contributed by atoms with Crippen molar-refractivity contribution < 1.29 is 4.79 Å². The minimum Gasteiger partial charge on any atom is -0.384 e. The molecule has 2 N–H and O–H groups in total. The standard InChI is InChI=1S/C22H32N6O/c1-26(2)10-4-9-24-20-15-18(16-23-17-20)22(29)25-19-5-7-21(8-6-19)28-13-11-27(3)12-14-28/h5-8,15-17,24H,4,9-14H2,1-3H3,(H,25,29). The Morgan fingerprint density at radius 3 is 2.48 bits per heavy atom. The third kappa shape index (κ3) is 6.44. The van der Waals surface area contributed by atoms with Gasteiger partial charge in [-0.15, -0.1) is 0 Å². The number of carbonyl (C=O) groups is 1. The van der Waals surface area contributed by atoms with Gasteiger partial charge >= 0.3 is 0 Å². The zero-order valence-corrected chi connectivity index (χ0v) is 17.7. The van der Waals surface area contributed by atoms with Crippen LogP contribution in [0.1, 0.15) is 16.8 Å². The molecule has 0 atom stereocenters. The van der Waals surface area contributed by atoms with E-state index in [0.29, 0.717) is 5.56 Å². The van der Waals surface area contributed by atoms with Crippen LogP contribution in [0.4, 0.5) is 17.1 Å². The first-order valence-electron chi connectivity index (χ1n) is 10.2. The third-order valence-electron chi connectivity index (χ3n) is 5.11. The van der Waals surface area contributed by atoms with Crippen molar-refractivity contribution in [1.82, 2.24) is 14.8 Å². The highest BCUT2D eigenvalue weighted by Crippen LogP contribution is 2.20. The summed E-state index contributed by atoms with van der Waals surface area (Å²) >= 11 is 0. The molecule has 1 fully saturated rings. The number of carbonyl (C=O) groups excluding carboxylic acids is 1. The Balaban J connectivity index is 1.54. The molecule has 156 valence electrons. The first-order chi connectivity index (χ1) is 14.0. The molecular weight excluding hydrogens is 364 g/mol. The lowest BCUT2D eigenvalue weighted by atomic mass is 10.2. The van der Waals surface area contributed by atoms with E-state index >= 15 is 0 Å². The van der Waals surface area contributed by atoms with Gasteiger partial charge in [-0.1, -0.05) is 0 Å². The highest BCUT2D eigenvalue weighted by molar-refractivity contribution is 6.04. The topological polar surface area (TPSA) is 63.7 Å². The van der Waals surface area contributed by atoms with Gasteiger partial charge in [0.25, 0.3) is 5.91 Å². The minimum atomic E-state index is -0.151. The maximum Gasteiger partial charge on any atom is 0.257 e. The second kappa shape index (κ2) is 10.2. The number of piperazine rings is 1. The van der Waals surface area contributed by atoms with Gasteiger partial charge in [0.05, 0.1) is 11.3 Å². The largest absolute Gasteiger partial charge is 0.384 e. The number of nitrogens with one attached hydrogen (secondary N) is 2. The van der Waals surface area contributed by atoms with E-state index in [2.05, 4.69) is 63.6 Å². The van der Waals surface area contributed by atoms with Crippen molar-refractivity contribution in [3.05, 3.63) is 48.3 Å². The van der Waals surface area contributed by atoms with E-state index in [-0.39, 0.29) is 5.91 Å². The summed E-state index contributed by atoms with van der Waals surface area (Å²) in [5.74, 6) is -0.151. The molecule has 1 saturated heterocycles. The summed E-state index contributed by atoms with van der Waals surface area (Å²) in [6, 6.07) is 9.91. The van der Waals surface area contributed by atoms with Crippen LogP contribution >= 0.6 is 0 Å². The summed E-state index contributed by atoms with van der Waals surface area (Å²) in [5, 5.41) is 6.29. The van der Waals surface area contributed by atoms with Gasteiger partial charge in [0.15, 0.2) is 0 Å². The van der Waals surface area contributed by atoms with Gasteiger partial charge in [-0.05, 0) is 64.4 Å². The molecule has 3 rings (SSSR count). The quantitative estimate of drug-likeness (QED) is 0.669. The van der Waals surface area contributed by atoms with E-state index < -0.39 is 0 Å². The molecule has 1 amide bonds. The molecule has 7 heteroatoms. The van der Waals surface area contributed by atoms with Gasteiger partial charge in [0, 0.05) is 56.5 Å². The number of pyridine rings is 1. The van der Waals surface area contributed by atoms with Gasteiger partial charge in [-0.2, -0.15) is 0 Å². The number of likely N-dealkylation sites (N-methyl/N-ethyl adjacent to an activating group) is 1. The Morgan fingerprint density at radius 2 is 1.79 bits per heavy atom. The predicted molar refractivity (Wildman–Crippen MR) is 120 cm³/mol. The molecule has 2 aromatic rings. The van der Waals surface area contributed by atoms with Gasteiger partial charge in [0.2, 0.25) is 0 Å². The summed E-state index contributed by atoms with van der Waals surface area (Å²) in [7, 11) is 6.27. The highest BCUT2D eigenvalue weighted by Gasteiger charge is 2.14. The molecule has 7 nitrogen and oxygen atoms in total. The zero-order valence-electron chi connectivity index (χ0n) is 17.7. The molecule has 0 spiro atoms. The van der Waals surface area contributed by atoms with E-state index in [0.717, 1.165) is 57.1 Å². The number of benzene rings is 1. The van der Waals surface area contributed by atoms with Crippen LogP contribution in [0.15, 0.2) is 42.7 Å². The molecule has 1 aliphatic heterocycles. The number of hydrogen-bond acceptors (Lipinski definition) is 6. The number of rotatable bonds is 8. The Kier molecular flexibility index (Phi) is 7.43. The first-order valence-corrected chi connectivity index (χ1v) is 10.2. The molecule has 1 aromatic heterocycles. The van der Waals surface area contributed by atoms with Crippen LogP contribution in [0.3, 0.4) is 0 Å². The fourth-order valence-corrected chi connectivity index (χ4v) is 3.31. The van der Waals surface area contributed by atoms with Crippen LogP contribution in [0, 0.1) is 0 Å². The maximum absolute atomic E-state index is 12.6. The predicted octanol–water partition coefficient (Wildman–Crippen LogP) is 2.45. The molecule has 0 bridgehead atoms. The average molecular weight is 397 g/mol. The van der Waals surface area contributed by atoms with Crippen LogP contribution in [0.5, 0.6) is 0 Å². The Hall–Kier alpha value is -2.64. The van der Waals surface area contributed by atoms with Crippen molar-refractivity contribution in [2.24, 2.45) is 0 Å². The summed E-state index contributed by atoms with van der Waals surface area (Å²) < 4.78 is 0. The van der Waals surface area contributed by atoms with Crippen molar-refractivity contribution in [3.63, 3.8) is 0 Å². The Morgan fingerprint density at radius 1 is 1.07 bits per heavy atom. The van der Waals surface area contributed by atoms with Crippen molar-refractivity contribution in [3.8, 4) is 0 Å². The van der Waals surface area contributed by atoms with Crippen LogP contribution in [0.2, 0.25) is 0 Å². The molecule has 2 heterocycles. The number of nitrogens with zero attached hydrogens (tertiary/aromatic N) is 4. The second-order valence-electron chi connectivity index (χ2n) is 7.84. The van der Waals surface area contributed by atoms with E-state index in [1.165, 1.54) is 5.69 Å². The van der Waals surface area contributed by atoms with Gasteiger partial charge in [0.1, 0.15) is 0 Å². The number of aromatic nitrogens is 1. The van der Waals surface area contributed by atoms with E-state index in [9.17, 15) is 4.79 Å². The zero-order chi connectivity index (χ0) is 20.6. The Bertz CT molecular complexity index is 784. The molecule has 1 aromatic carbocycles. The van der Waals surface area contributed by atoms with Crippen molar-refractivity contribution in [2.45, 2.75) is 6.42 Å². The SMILES string of the molecule is CN(C)CCCNc1cncc(C(=O)Nc2ccc(N3CCN(C)CC3)cc2)c1. The van der Waals surface area contributed by atoms with Crippen LogP contribution in [-0.4, -0.2) is 81.1 Å². The van der Waals surface area contributed by atoms with Crippen LogP contribution < -0.4 is 15.5 Å². The summed E-state index contributed by atoms with van der Waals surface area (Å²) in [4.78, 5) is 23.7. The molecule has 0 saturated carbocycles. The van der Waals surface area contributed by atoms with Crippen molar-refractivity contribution in [2.75, 3.05) is 75.9 Å². The van der Waals surface area contributed by atoms with Crippen molar-refractivity contribution in [1.29, 1.82) is 0 Å². The molecule has 29 heavy (non-hydrogen) atoms. The average Bonchev–Trinajstić information content (AvgIpc) is 2.72. The maximum atomic E-state index is 12.6. The minimum absolute atomic E-state index is 0.151. The third-order valence-corrected chi connectivity index (χ3v) is 5.11. The van der Waals surface area contributed by atoms with Crippen LogP contribution in [0.25, 0.3) is 0 Å². The summed E-state index contributed by atoms with van der Waals surface area (Å²) in [5.41, 5.74) is 3.39. The lowest BCUT2D eigenvalue weighted by molar-refractivity contribution is 0.102. The highest BCUT2D eigenvalue weighted by atomic mass is 16.1. The van der Waals surface area contributed by atoms with Crippen molar-refractivity contribution >= 4 is 23.0 Å². The van der Waals surface area contributed by atoms with E-state index in [1.807, 2.05) is 18.2 Å². The number of amides is 1. The lowest BCUT2D eigenvalue weighted by Gasteiger charge is -2.34. The normalized spacial score (nSPS) is 14.8. The smallest absolute Gasteiger partial charge is 0.257 e. The lowest BCUT2D eigenvalue weighted by Crippen LogP contribution is -2.44. The van der Waals surface area contributed by atoms with E-state index in [4.69, 9.17) is 0 Å². The monoisotopic (exact) mass is 396 g/mol. The molecule has 0 unspecified atom stereocenters. The fraction of sp³-hybridized carbons (Fsp3) is 0.455. The summed E-state index contributed by atoms with van der Waals surface area (Å²) in [6.07, 6.45) is 4.37. The summed E-state index contributed by atoms with van der Waals surface area (Å²) in [6.45, 7) is 6.07. The number of hydrogen-bond donors (Lipinski definition) is 2. The second-order valence-corrected chi connectivity index (χ2v) is 7.84.